The molecule has 1 aliphatic carbocycles. The molecular weight excluding hydrogens is 437 g/mol. The van der Waals surface area contributed by atoms with E-state index in [1.165, 1.54) is 11.1 Å². The van der Waals surface area contributed by atoms with E-state index in [1.54, 1.807) is 6.07 Å². The molecule has 0 saturated heterocycles. The third kappa shape index (κ3) is 4.41. The average molecular weight is 458 g/mol. The molecule has 0 unspecified atom stereocenters. The molecule has 0 aliphatic heterocycles. The molecule has 0 saturated carbocycles. The molecule has 4 rings (SSSR count). The summed E-state index contributed by atoms with van der Waals surface area (Å²) in [6.07, 6.45) is 2.89. The fourth-order valence-electron chi connectivity index (χ4n) is 4.02. The summed E-state index contributed by atoms with van der Waals surface area (Å²) in [5.74, 6) is 0. The molecule has 0 fully saturated rings. The number of nitrogens with one attached hydrogen (secondary N) is 1. The molecule has 0 bridgehead atoms. The summed E-state index contributed by atoms with van der Waals surface area (Å²) in [5.41, 5.74) is 8.31. The maximum Gasteiger partial charge on any atom is 0.229 e. The standard InChI is InChI=1S/C24H21Cl2NO2S/c1-15(16-4-3-5-21(14-16)27-30(2,28)29)24-22-10-8-19(25)12-17(22)6-7-18-13-20(26)9-11-23(18)24/h3-5,8-14,27H,6-7H2,1-2H3. The summed E-state index contributed by atoms with van der Waals surface area (Å²) in [5, 5.41) is 1.43. The first-order valence-electron chi connectivity index (χ1n) is 9.58. The maximum atomic E-state index is 11.7. The van der Waals surface area contributed by atoms with E-state index in [9.17, 15) is 8.42 Å². The van der Waals surface area contributed by atoms with Crippen molar-refractivity contribution in [2.24, 2.45) is 0 Å². The Labute approximate surface area is 187 Å². The molecule has 0 radical (unpaired) electrons. The third-order valence-electron chi connectivity index (χ3n) is 5.31. The van der Waals surface area contributed by atoms with E-state index in [1.807, 2.05) is 42.5 Å². The minimum absolute atomic E-state index is 0.538. The minimum Gasteiger partial charge on any atom is -0.284 e. The van der Waals surface area contributed by atoms with Crippen LogP contribution in [0.2, 0.25) is 10.0 Å². The lowest BCUT2D eigenvalue weighted by Crippen LogP contribution is -2.09. The Kier molecular flexibility index (Phi) is 5.67. The van der Waals surface area contributed by atoms with Gasteiger partial charge in [0, 0.05) is 15.7 Å². The first-order chi connectivity index (χ1) is 14.2. The highest BCUT2D eigenvalue weighted by molar-refractivity contribution is 7.92. The zero-order chi connectivity index (χ0) is 21.5. The van der Waals surface area contributed by atoms with Crippen LogP contribution < -0.4 is 4.72 Å². The molecule has 0 spiro atoms. The van der Waals surface area contributed by atoms with Gasteiger partial charge >= 0.3 is 0 Å². The summed E-state index contributed by atoms with van der Waals surface area (Å²) >= 11 is 12.6. The Morgan fingerprint density at radius 3 is 1.97 bits per heavy atom. The molecule has 1 N–H and O–H groups in total. The van der Waals surface area contributed by atoms with Crippen molar-refractivity contribution < 1.29 is 8.42 Å². The summed E-state index contributed by atoms with van der Waals surface area (Å²) in [4.78, 5) is 0. The number of sulfonamides is 1. The lowest BCUT2D eigenvalue weighted by Gasteiger charge is -2.17. The van der Waals surface area contributed by atoms with Crippen LogP contribution >= 0.6 is 23.2 Å². The van der Waals surface area contributed by atoms with Gasteiger partial charge in [0.25, 0.3) is 0 Å². The number of fused-ring (bicyclic) bond motifs is 2. The van der Waals surface area contributed by atoms with Crippen molar-refractivity contribution >= 4 is 50.1 Å². The average Bonchev–Trinajstić information content (AvgIpc) is 2.82. The first kappa shape index (κ1) is 21.0. The molecular formula is C24H21Cl2NO2S. The summed E-state index contributed by atoms with van der Waals surface area (Å²) < 4.78 is 25.9. The second kappa shape index (κ2) is 8.10. The van der Waals surface area contributed by atoms with Crippen LogP contribution in [0.4, 0.5) is 5.69 Å². The van der Waals surface area contributed by atoms with Crippen molar-refractivity contribution in [3.05, 3.63) is 98.5 Å². The Morgan fingerprint density at radius 2 is 1.43 bits per heavy atom. The maximum absolute atomic E-state index is 11.7. The van der Waals surface area contributed by atoms with E-state index in [2.05, 4.69) is 23.8 Å². The van der Waals surface area contributed by atoms with Gasteiger partial charge in [0.1, 0.15) is 0 Å². The van der Waals surface area contributed by atoms with Crippen molar-refractivity contribution in [2.45, 2.75) is 19.8 Å². The van der Waals surface area contributed by atoms with Gasteiger partial charge < -0.3 is 0 Å². The monoisotopic (exact) mass is 457 g/mol. The number of halogens is 2. The highest BCUT2D eigenvalue weighted by atomic mass is 35.5. The topological polar surface area (TPSA) is 46.2 Å². The highest BCUT2D eigenvalue weighted by Gasteiger charge is 2.21. The molecule has 0 heterocycles. The van der Waals surface area contributed by atoms with Crippen molar-refractivity contribution in [1.82, 2.24) is 0 Å². The predicted octanol–water partition coefficient (Wildman–Crippen LogP) is 6.44. The van der Waals surface area contributed by atoms with Gasteiger partial charge in [-0.2, -0.15) is 0 Å². The molecule has 3 aromatic rings. The zero-order valence-corrected chi connectivity index (χ0v) is 19.0. The fraction of sp³-hybridized carbons (Fsp3) is 0.167. The van der Waals surface area contributed by atoms with Gasteiger partial charge in [-0.15, -0.1) is 0 Å². The van der Waals surface area contributed by atoms with Crippen LogP contribution in [0.25, 0.3) is 11.1 Å². The third-order valence-corrected chi connectivity index (χ3v) is 6.39. The molecule has 3 aromatic carbocycles. The van der Waals surface area contributed by atoms with Crippen molar-refractivity contribution in [2.75, 3.05) is 11.0 Å². The van der Waals surface area contributed by atoms with Crippen LogP contribution in [0.3, 0.4) is 0 Å². The van der Waals surface area contributed by atoms with E-state index in [0.29, 0.717) is 15.7 Å². The lowest BCUT2D eigenvalue weighted by atomic mass is 9.88. The van der Waals surface area contributed by atoms with Gasteiger partial charge in [-0.05, 0) is 95.1 Å². The van der Waals surface area contributed by atoms with E-state index in [0.717, 1.165) is 46.9 Å². The molecule has 0 aromatic heterocycles. The SMILES string of the molecule is CC(=C1c2ccc(Cl)cc2CCc2cc(Cl)ccc21)c1cccc(NS(C)(=O)=O)c1. The van der Waals surface area contributed by atoms with Gasteiger partial charge in [0.15, 0.2) is 0 Å². The quantitative estimate of drug-likeness (QED) is 0.491. The van der Waals surface area contributed by atoms with Gasteiger partial charge in [-0.25, -0.2) is 8.42 Å². The molecule has 154 valence electrons. The van der Waals surface area contributed by atoms with Gasteiger partial charge in [-0.1, -0.05) is 47.5 Å². The Morgan fingerprint density at radius 1 is 0.867 bits per heavy atom. The molecule has 30 heavy (non-hydrogen) atoms. The number of benzene rings is 3. The van der Waals surface area contributed by atoms with Crippen molar-refractivity contribution in [3.8, 4) is 0 Å². The van der Waals surface area contributed by atoms with Gasteiger partial charge in [0.05, 0.1) is 6.26 Å². The second-order valence-electron chi connectivity index (χ2n) is 7.56. The Balaban J connectivity index is 1.96. The minimum atomic E-state index is -3.35. The van der Waals surface area contributed by atoms with Crippen LogP contribution in [0, 0.1) is 0 Å². The summed E-state index contributed by atoms with van der Waals surface area (Å²) in [6, 6.07) is 19.5. The number of hydrogen-bond acceptors (Lipinski definition) is 2. The van der Waals surface area contributed by atoms with E-state index >= 15 is 0 Å². The molecule has 0 amide bonds. The van der Waals surface area contributed by atoms with Crippen molar-refractivity contribution in [1.29, 1.82) is 0 Å². The summed E-state index contributed by atoms with van der Waals surface area (Å²) in [7, 11) is -3.35. The smallest absolute Gasteiger partial charge is 0.229 e. The van der Waals surface area contributed by atoms with E-state index < -0.39 is 10.0 Å². The Bertz CT molecular complexity index is 1220. The van der Waals surface area contributed by atoms with E-state index in [-0.39, 0.29) is 0 Å². The lowest BCUT2D eigenvalue weighted by molar-refractivity contribution is 0.607. The number of anilines is 1. The molecule has 1 aliphatic rings. The number of aryl methyl sites for hydroxylation is 2. The van der Waals surface area contributed by atoms with Crippen LogP contribution in [-0.4, -0.2) is 14.7 Å². The van der Waals surface area contributed by atoms with E-state index in [4.69, 9.17) is 23.2 Å². The zero-order valence-electron chi connectivity index (χ0n) is 16.7. The van der Waals surface area contributed by atoms with Gasteiger partial charge in [-0.3, -0.25) is 4.72 Å². The van der Waals surface area contributed by atoms with Crippen LogP contribution in [0.1, 0.15) is 34.7 Å². The first-order valence-corrected chi connectivity index (χ1v) is 12.2. The number of hydrogen-bond donors (Lipinski definition) is 1. The number of allylic oxidation sites excluding steroid dienone is 1. The van der Waals surface area contributed by atoms with Crippen molar-refractivity contribution in [3.63, 3.8) is 0 Å². The number of rotatable bonds is 3. The van der Waals surface area contributed by atoms with Gasteiger partial charge in [0.2, 0.25) is 10.0 Å². The molecule has 0 atom stereocenters. The van der Waals surface area contributed by atoms with Crippen LogP contribution in [0.15, 0.2) is 60.7 Å². The highest BCUT2D eigenvalue weighted by Crippen LogP contribution is 2.40. The van der Waals surface area contributed by atoms with Crippen LogP contribution in [0.5, 0.6) is 0 Å². The predicted molar refractivity (Wildman–Crippen MR) is 127 cm³/mol. The fourth-order valence-corrected chi connectivity index (χ4v) is 4.96. The molecule has 6 heteroatoms. The Hall–Kier alpha value is -2.27. The van der Waals surface area contributed by atoms with Crippen LogP contribution in [-0.2, 0) is 22.9 Å². The molecule has 3 nitrogen and oxygen atoms in total. The summed E-state index contributed by atoms with van der Waals surface area (Å²) in [6.45, 7) is 2.07. The largest absolute Gasteiger partial charge is 0.284 e. The normalized spacial score (nSPS) is 13.3. The second-order valence-corrected chi connectivity index (χ2v) is 10.2.